The van der Waals surface area contributed by atoms with Crippen molar-refractivity contribution in [2.75, 3.05) is 11.1 Å². The van der Waals surface area contributed by atoms with Gasteiger partial charge in [-0.25, -0.2) is 0 Å². The van der Waals surface area contributed by atoms with Crippen LogP contribution >= 0.6 is 46.6 Å². The molecule has 1 N–H and O–H groups in total. The Balaban J connectivity index is 1.59. The second-order valence-electron chi connectivity index (χ2n) is 7.47. The third-order valence-corrected chi connectivity index (χ3v) is 6.76. The second kappa shape index (κ2) is 10.8. The van der Waals surface area contributed by atoms with Gasteiger partial charge in [0.25, 0.3) is 0 Å². The summed E-state index contributed by atoms with van der Waals surface area (Å²) in [5, 5.41) is 12.7. The fourth-order valence-corrected chi connectivity index (χ4v) is 4.24. The first-order chi connectivity index (χ1) is 15.2. The molecule has 0 aliphatic carbocycles. The van der Waals surface area contributed by atoms with E-state index in [1.807, 2.05) is 30.7 Å². The first-order valence-corrected chi connectivity index (χ1v) is 12.0. The average molecular weight is 514 g/mol. The van der Waals surface area contributed by atoms with Crippen LogP contribution in [0.3, 0.4) is 0 Å². The predicted molar refractivity (Wildman–Crippen MR) is 131 cm³/mol. The zero-order valence-corrected chi connectivity index (χ0v) is 21.1. The van der Waals surface area contributed by atoms with Crippen LogP contribution in [0, 0.1) is 0 Å². The number of amides is 1. The van der Waals surface area contributed by atoms with Crippen LogP contribution < -0.4 is 10.1 Å². The summed E-state index contributed by atoms with van der Waals surface area (Å²) in [6.45, 7) is 6.21. The predicted octanol–water partition coefficient (Wildman–Crippen LogP) is 6.77. The molecule has 3 aromatic rings. The van der Waals surface area contributed by atoms with Crippen LogP contribution in [0.5, 0.6) is 5.75 Å². The fourth-order valence-electron chi connectivity index (χ4n) is 2.93. The molecule has 32 heavy (non-hydrogen) atoms. The number of aromatic nitrogens is 3. The zero-order chi connectivity index (χ0) is 23.4. The van der Waals surface area contributed by atoms with Gasteiger partial charge in [-0.05, 0) is 42.7 Å². The topological polar surface area (TPSA) is 69.0 Å². The van der Waals surface area contributed by atoms with Gasteiger partial charge < -0.3 is 14.6 Å². The Morgan fingerprint density at radius 2 is 1.72 bits per heavy atom. The summed E-state index contributed by atoms with van der Waals surface area (Å²) in [5.74, 6) is 1.75. The number of rotatable bonds is 8. The highest BCUT2D eigenvalue weighted by Gasteiger charge is 2.18. The summed E-state index contributed by atoms with van der Waals surface area (Å²) in [6.07, 6.45) is -0.310. The number of anilines is 1. The molecule has 1 atom stereocenters. The molecule has 0 fully saturated rings. The zero-order valence-electron chi connectivity index (χ0n) is 18.0. The maximum Gasteiger partial charge on any atom is 0.234 e. The molecular formula is C22H23Cl3N4O2S. The minimum atomic E-state index is -0.310. The number of hydrogen-bond acceptors (Lipinski definition) is 5. The summed E-state index contributed by atoms with van der Waals surface area (Å²) < 4.78 is 7.83. The molecule has 0 aliphatic rings. The van der Waals surface area contributed by atoms with E-state index >= 15 is 0 Å². The lowest BCUT2D eigenvalue weighted by Crippen LogP contribution is -2.15. The number of thioether (sulfide) groups is 1. The van der Waals surface area contributed by atoms with Crippen LogP contribution in [0.25, 0.3) is 0 Å². The van der Waals surface area contributed by atoms with E-state index in [-0.39, 0.29) is 17.8 Å². The fraction of sp³-hybridized carbons (Fsp3) is 0.318. The Morgan fingerprint density at radius 3 is 2.38 bits per heavy atom. The number of carbonyl (C=O) groups is 1. The van der Waals surface area contributed by atoms with Crippen molar-refractivity contribution in [3.05, 3.63) is 62.9 Å². The number of hydrogen-bond donors (Lipinski definition) is 1. The summed E-state index contributed by atoms with van der Waals surface area (Å²) in [4.78, 5) is 12.4. The lowest BCUT2D eigenvalue weighted by Gasteiger charge is -2.15. The minimum absolute atomic E-state index is 0.119. The van der Waals surface area contributed by atoms with Gasteiger partial charge in [0.15, 0.2) is 17.1 Å². The molecule has 1 aromatic heterocycles. The van der Waals surface area contributed by atoms with Gasteiger partial charge in [0.1, 0.15) is 5.75 Å². The number of benzene rings is 2. The Morgan fingerprint density at radius 1 is 1.06 bits per heavy atom. The summed E-state index contributed by atoms with van der Waals surface area (Å²) >= 11 is 19.3. The van der Waals surface area contributed by atoms with Crippen LogP contribution in [0.4, 0.5) is 5.69 Å². The van der Waals surface area contributed by atoms with Crippen molar-refractivity contribution in [2.45, 2.75) is 37.9 Å². The monoisotopic (exact) mass is 512 g/mol. The highest BCUT2D eigenvalue weighted by molar-refractivity contribution is 7.99. The van der Waals surface area contributed by atoms with E-state index in [1.54, 1.807) is 0 Å². The van der Waals surface area contributed by atoms with Crippen molar-refractivity contribution in [1.82, 2.24) is 14.8 Å². The molecule has 10 heteroatoms. The van der Waals surface area contributed by atoms with Crippen LogP contribution in [-0.4, -0.2) is 26.4 Å². The summed E-state index contributed by atoms with van der Waals surface area (Å²) in [5.41, 5.74) is 1.65. The third-order valence-electron chi connectivity index (χ3n) is 4.71. The van der Waals surface area contributed by atoms with Crippen molar-refractivity contribution in [1.29, 1.82) is 0 Å². The molecule has 0 saturated carbocycles. The van der Waals surface area contributed by atoms with Gasteiger partial charge in [0.2, 0.25) is 5.91 Å². The quantitative estimate of drug-likeness (QED) is 0.266. The highest BCUT2D eigenvalue weighted by Crippen LogP contribution is 2.32. The summed E-state index contributed by atoms with van der Waals surface area (Å²) in [7, 11) is 1.84. The first-order valence-electron chi connectivity index (χ1n) is 9.88. The number of ether oxygens (including phenoxy) is 1. The molecule has 3 rings (SSSR count). The van der Waals surface area contributed by atoms with E-state index in [0.29, 0.717) is 37.7 Å². The molecular weight excluding hydrogens is 491 g/mol. The van der Waals surface area contributed by atoms with E-state index in [9.17, 15) is 4.79 Å². The van der Waals surface area contributed by atoms with Gasteiger partial charge in [-0.3, -0.25) is 4.79 Å². The number of carbonyl (C=O) groups excluding carboxylic acids is 1. The van der Waals surface area contributed by atoms with Crippen molar-refractivity contribution in [2.24, 2.45) is 7.05 Å². The molecule has 1 heterocycles. The highest BCUT2D eigenvalue weighted by atomic mass is 35.5. The molecule has 1 amide bonds. The Bertz CT molecular complexity index is 1100. The van der Waals surface area contributed by atoms with Crippen LogP contribution in [0.1, 0.15) is 44.2 Å². The van der Waals surface area contributed by atoms with Crippen LogP contribution in [0.15, 0.2) is 41.6 Å². The first kappa shape index (κ1) is 24.7. The van der Waals surface area contributed by atoms with Crippen molar-refractivity contribution < 1.29 is 9.53 Å². The van der Waals surface area contributed by atoms with E-state index in [4.69, 9.17) is 39.5 Å². The maximum absolute atomic E-state index is 12.4. The molecule has 2 aromatic carbocycles. The molecule has 0 radical (unpaired) electrons. The van der Waals surface area contributed by atoms with Gasteiger partial charge in [-0.15, -0.1) is 10.2 Å². The van der Waals surface area contributed by atoms with Gasteiger partial charge in [0, 0.05) is 7.05 Å². The minimum Gasteiger partial charge on any atom is -0.483 e. The number of halogens is 3. The SMILES string of the molecule is CC(C)c1ccc(OC(C)c2nnc(SCC(=O)Nc3cc(Cl)c(Cl)cc3Cl)n2C)cc1. The van der Waals surface area contributed by atoms with E-state index in [1.165, 1.54) is 29.5 Å². The van der Waals surface area contributed by atoms with E-state index in [0.717, 1.165) is 5.75 Å². The third kappa shape index (κ3) is 6.10. The Hall–Kier alpha value is -1.93. The molecule has 1 unspecified atom stereocenters. The largest absolute Gasteiger partial charge is 0.483 e. The Kier molecular flexibility index (Phi) is 8.33. The van der Waals surface area contributed by atoms with Crippen molar-refractivity contribution in [3.63, 3.8) is 0 Å². The van der Waals surface area contributed by atoms with Gasteiger partial charge in [0.05, 0.1) is 26.5 Å². The molecule has 0 saturated heterocycles. The van der Waals surface area contributed by atoms with E-state index in [2.05, 4.69) is 41.5 Å². The van der Waals surface area contributed by atoms with Crippen molar-refractivity contribution >= 4 is 58.2 Å². The lowest BCUT2D eigenvalue weighted by atomic mass is 10.0. The molecule has 0 bridgehead atoms. The van der Waals surface area contributed by atoms with Gasteiger partial charge >= 0.3 is 0 Å². The molecule has 0 aliphatic heterocycles. The normalized spacial score (nSPS) is 12.1. The van der Waals surface area contributed by atoms with Gasteiger partial charge in [-0.2, -0.15) is 0 Å². The number of nitrogens with one attached hydrogen (secondary N) is 1. The molecule has 0 spiro atoms. The second-order valence-corrected chi connectivity index (χ2v) is 9.63. The van der Waals surface area contributed by atoms with Gasteiger partial charge in [-0.1, -0.05) is 72.5 Å². The van der Waals surface area contributed by atoms with E-state index < -0.39 is 0 Å². The van der Waals surface area contributed by atoms with Crippen LogP contribution in [0.2, 0.25) is 15.1 Å². The molecule has 170 valence electrons. The lowest BCUT2D eigenvalue weighted by molar-refractivity contribution is -0.113. The van der Waals surface area contributed by atoms with Crippen LogP contribution in [-0.2, 0) is 11.8 Å². The average Bonchev–Trinajstić information content (AvgIpc) is 3.11. The standard InChI is InChI=1S/C22H23Cl3N4O2S/c1-12(2)14-5-7-15(8-6-14)31-13(3)21-27-28-22(29(21)4)32-11-20(30)26-19-10-17(24)16(23)9-18(19)25/h5-10,12-13H,11H2,1-4H3,(H,26,30). The number of nitrogens with zero attached hydrogens (tertiary/aromatic N) is 3. The smallest absolute Gasteiger partial charge is 0.234 e. The van der Waals surface area contributed by atoms with Crippen molar-refractivity contribution in [3.8, 4) is 5.75 Å². The Labute approximate surface area is 206 Å². The maximum atomic E-state index is 12.4. The summed E-state index contributed by atoms with van der Waals surface area (Å²) in [6, 6.07) is 11.0. The molecule has 6 nitrogen and oxygen atoms in total.